The molecule has 1 aromatic heterocycles. The van der Waals surface area contributed by atoms with Gasteiger partial charge in [0, 0.05) is 5.56 Å². The van der Waals surface area contributed by atoms with Gasteiger partial charge >= 0.3 is 0 Å². The third-order valence-corrected chi connectivity index (χ3v) is 3.47. The minimum Gasteiger partial charge on any atom is -0.380 e. The molecule has 0 spiro atoms. The van der Waals surface area contributed by atoms with Crippen LogP contribution in [0.2, 0.25) is 0 Å². The number of aryl methyl sites for hydroxylation is 1. The van der Waals surface area contributed by atoms with Crippen molar-refractivity contribution < 1.29 is 0 Å². The molecule has 0 aliphatic heterocycles. The number of anilines is 1. The van der Waals surface area contributed by atoms with E-state index in [1.165, 1.54) is 24.8 Å². The molecule has 0 amide bonds. The van der Waals surface area contributed by atoms with Crippen molar-refractivity contribution in [1.82, 2.24) is 15.0 Å². The van der Waals surface area contributed by atoms with Crippen LogP contribution in [0.1, 0.15) is 30.9 Å². The number of benzene rings is 1. The zero-order chi connectivity index (χ0) is 11.8. The van der Waals surface area contributed by atoms with Crippen molar-refractivity contribution in [2.45, 2.75) is 32.2 Å². The van der Waals surface area contributed by atoms with E-state index in [4.69, 9.17) is 5.73 Å². The molecule has 0 unspecified atom stereocenters. The van der Waals surface area contributed by atoms with Crippen molar-refractivity contribution in [3.8, 4) is 11.3 Å². The van der Waals surface area contributed by atoms with Crippen LogP contribution in [0.3, 0.4) is 0 Å². The topological polar surface area (TPSA) is 56.7 Å². The van der Waals surface area contributed by atoms with Crippen molar-refractivity contribution in [3.05, 3.63) is 29.8 Å². The quantitative estimate of drug-likeness (QED) is 0.859. The number of hydrogen-bond acceptors (Lipinski definition) is 3. The second-order valence-electron chi connectivity index (χ2n) is 4.72. The van der Waals surface area contributed by atoms with Crippen LogP contribution in [0.4, 0.5) is 5.82 Å². The molecule has 0 saturated heterocycles. The molecule has 3 rings (SSSR count). The predicted molar refractivity (Wildman–Crippen MR) is 67.5 cm³/mol. The molecular formula is C13H16N4. The largest absolute Gasteiger partial charge is 0.380 e. The summed E-state index contributed by atoms with van der Waals surface area (Å²) in [5, 5.41) is 8.19. The Labute approximate surface area is 100 Å². The van der Waals surface area contributed by atoms with E-state index >= 15 is 0 Å². The average molecular weight is 228 g/mol. The van der Waals surface area contributed by atoms with Crippen LogP contribution in [0, 0.1) is 6.92 Å². The van der Waals surface area contributed by atoms with Gasteiger partial charge in [0.15, 0.2) is 5.82 Å². The van der Waals surface area contributed by atoms with Gasteiger partial charge in [0.05, 0.1) is 6.04 Å². The summed E-state index contributed by atoms with van der Waals surface area (Å²) in [4.78, 5) is 0. The van der Waals surface area contributed by atoms with Gasteiger partial charge in [-0.3, -0.25) is 0 Å². The Balaban J connectivity index is 2.06. The van der Waals surface area contributed by atoms with Crippen LogP contribution >= 0.6 is 0 Å². The maximum Gasteiger partial charge on any atom is 0.174 e. The summed E-state index contributed by atoms with van der Waals surface area (Å²) < 4.78 is 1.99. The highest BCUT2D eigenvalue weighted by Gasteiger charge is 2.25. The van der Waals surface area contributed by atoms with Gasteiger partial charge in [0.1, 0.15) is 5.69 Å². The van der Waals surface area contributed by atoms with Gasteiger partial charge < -0.3 is 5.73 Å². The van der Waals surface area contributed by atoms with E-state index in [9.17, 15) is 0 Å². The maximum atomic E-state index is 5.93. The minimum atomic E-state index is 0.483. The number of hydrogen-bond donors (Lipinski definition) is 1. The summed E-state index contributed by atoms with van der Waals surface area (Å²) in [6, 6.07) is 8.83. The van der Waals surface area contributed by atoms with Crippen LogP contribution in [0.15, 0.2) is 24.3 Å². The SMILES string of the molecule is Cc1ccc(-c2c(N)nnn2C2CCC2)cc1. The van der Waals surface area contributed by atoms with Crippen LogP contribution in [-0.4, -0.2) is 15.0 Å². The molecule has 1 heterocycles. The maximum absolute atomic E-state index is 5.93. The van der Waals surface area contributed by atoms with Gasteiger partial charge in [-0.1, -0.05) is 35.0 Å². The molecule has 4 heteroatoms. The lowest BCUT2D eigenvalue weighted by molar-refractivity contribution is 0.287. The first-order valence-electron chi connectivity index (χ1n) is 6.03. The first kappa shape index (κ1) is 10.3. The van der Waals surface area contributed by atoms with Gasteiger partial charge in [-0.2, -0.15) is 0 Å². The molecule has 0 bridgehead atoms. The van der Waals surface area contributed by atoms with Crippen LogP contribution in [-0.2, 0) is 0 Å². The summed E-state index contributed by atoms with van der Waals surface area (Å²) in [6.45, 7) is 2.08. The van der Waals surface area contributed by atoms with Crippen LogP contribution in [0.25, 0.3) is 11.3 Å². The first-order valence-corrected chi connectivity index (χ1v) is 6.03. The fourth-order valence-electron chi connectivity index (χ4n) is 2.18. The average Bonchev–Trinajstić information content (AvgIpc) is 2.60. The van der Waals surface area contributed by atoms with Gasteiger partial charge in [0.25, 0.3) is 0 Å². The number of aromatic nitrogens is 3. The van der Waals surface area contributed by atoms with E-state index in [0.717, 1.165) is 11.3 Å². The monoisotopic (exact) mass is 228 g/mol. The molecule has 2 aromatic rings. The number of nitrogens with two attached hydrogens (primary N) is 1. The van der Waals surface area contributed by atoms with E-state index in [0.29, 0.717) is 11.9 Å². The van der Waals surface area contributed by atoms with E-state index in [-0.39, 0.29) is 0 Å². The third-order valence-electron chi connectivity index (χ3n) is 3.47. The summed E-state index contributed by atoms with van der Waals surface area (Å²) in [5.41, 5.74) is 9.25. The smallest absolute Gasteiger partial charge is 0.174 e. The molecule has 0 atom stereocenters. The molecule has 1 aliphatic carbocycles. The highest BCUT2D eigenvalue weighted by molar-refractivity contribution is 5.70. The Hall–Kier alpha value is -1.84. The standard InChI is InChI=1S/C13H16N4/c1-9-5-7-10(8-6-9)12-13(14)15-16-17(12)11-3-2-4-11/h5-8,11H,2-4,14H2,1H3. The second-order valence-corrected chi connectivity index (χ2v) is 4.72. The van der Waals surface area contributed by atoms with Crippen LogP contribution in [0.5, 0.6) is 0 Å². The molecule has 2 N–H and O–H groups in total. The van der Waals surface area contributed by atoms with Gasteiger partial charge in [-0.15, -0.1) is 5.10 Å². The Morgan fingerprint density at radius 3 is 2.53 bits per heavy atom. The fourth-order valence-corrected chi connectivity index (χ4v) is 2.18. The summed E-state index contributed by atoms with van der Waals surface area (Å²) in [5.74, 6) is 0.528. The highest BCUT2D eigenvalue weighted by atomic mass is 15.5. The van der Waals surface area contributed by atoms with Gasteiger partial charge in [0.2, 0.25) is 0 Å². The van der Waals surface area contributed by atoms with E-state index in [1.54, 1.807) is 0 Å². The molecule has 17 heavy (non-hydrogen) atoms. The summed E-state index contributed by atoms with van der Waals surface area (Å²) >= 11 is 0. The van der Waals surface area contributed by atoms with E-state index < -0.39 is 0 Å². The summed E-state index contributed by atoms with van der Waals surface area (Å²) in [7, 11) is 0. The second kappa shape index (κ2) is 3.87. The number of nitrogens with zero attached hydrogens (tertiary/aromatic N) is 3. The number of rotatable bonds is 2. The molecule has 1 aromatic carbocycles. The zero-order valence-electron chi connectivity index (χ0n) is 9.93. The predicted octanol–water partition coefficient (Wildman–Crippen LogP) is 2.56. The van der Waals surface area contributed by atoms with Crippen molar-refractivity contribution in [2.24, 2.45) is 0 Å². The van der Waals surface area contributed by atoms with Gasteiger partial charge in [-0.05, 0) is 26.2 Å². The van der Waals surface area contributed by atoms with Crippen molar-refractivity contribution >= 4 is 5.82 Å². The molecule has 0 radical (unpaired) electrons. The zero-order valence-corrected chi connectivity index (χ0v) is 9.93. The van der Waals surface area contributed by atoms with Crippen LogP contribution < -0.4 is 5.73 Å². The van der Waals surface area contributed by atoms with Crippen molar-refractivity contribution in [3.63, 3.8) is 0 Å². The lowest BCUT2D eigenvalue weighted by Crippen LogP contribution is -2.19. The first-order chi connectivity index (χ1) is 8.25. The Morgan fingerprint density at radius 2 is 1.94 bits per heavy atom. The number of nitrogen functional groups attached to an aromatic ring is 1. The molecule has 88 valence electrons. The Morgan fingerprint density at radius 1 is 1.24 bits per heavy atom. The minimum absolute atomic E-state index is 0.483. The molecule has 1 aliphatic rings. The van der Waals surface area contributed by atoms with Crippen molar-refractivity contribution in [1.29, 1.82) is 0 Å². The van der Waals surface area contributed by atoms with Crippen molar-refractivity contribution in [2.75, 3.05) is 5.73 Å². The highest BCUT2D eigenvalue weighted by Crippen LogP contribution is 2.36. The van der Waals surface area contributed by atoms with E-state index in [2.05, 4.69) is 41.5 Å². The molecule has 4 nitrogen and oxygen atoms in total. The summed E-state index contributed by atoms with van der Waals surface area (Å²) in [6.07, 6.45) is 3.64. The van der Waals surface area contributed by atoms with Gasteiger partial charge in [-0.25, -0.2) is 4.68 Å². The lowest BCUT2D eigenvalue weighted by atomic mass is 9.93. The molecule has 1 fully saturated rings. The molecular weight excluding hydrogens is 212 g/mol. The Bertz CT molecular complexity index is 523. The third kappa shape index (κ3) is 1.69. The van der Waals surface area contributed by atoms with E-state index in [1.807, 2.05) is 4.68 Å². The molecule has 1 saturated carbocycles. The fraction of sp³-hybridized carbons (Fsp3) is 0.385. The lowest BCUT2D eigenvalue weighted by Gasteiger charge is -2.26. The Kier molecular flexibility index (Phi) is 2.35. The normalized spacial score (nSPS) is 15.8.